The molecule has 2 N–H and O–H groups in total. The fourth-order valence-corrected chi connectivity index (χ4v) is 2.75. The van der Waals surface area contributed by atoms with Crippen LogP contribution in [-0.4, -0.2) is 42.5 Å². The van der Waals surface area contributed by atoms with E-state index in [2.05, 4.69) is 10.3 Å². The van der Waals surface area contributed by atoms with Gasteiger partial charge in [0.15, 0.2) is 0 Å². The number of pyridine rings is 1. The van der Waals surface area contributed by atoms with Crippen LogP contribution in [0.3, 0.4) is 0 Å². The summed E-state index contributed by atoms with van der Waals surface area (Å²) in [5, 5.41) is 3.17. The second-order valence-corrected chi connectivity index (χ2v) is 5.52. The lowest BCUT2D eigenvalue weighted by molar-refractivity contribution is 0.0686. The number of hydrogen-bond acceptors (Lipinski definition) is 3. The van der Waals surface area contributed by atoms with Gasteiger partial charge in [-0.2, -0.15) is 0 Å². The molecule has 5 nitrogen and oxygen atoms in total. The number of carbonyl (C=O) groups is 1. The molecule has 2 rings (SSSR count). The Labute approximate surface area is 119 Å². The highest BCUT2D eigenvalue weighted by Gasteiger charge is 2.24. The minimum absolute atomic E-state index is 0.0332. The Morgan fingerprint density at radius 3 is 2.75 bits per heavy atom. The Kier molecular flexibility index (Phi) is 4.95. The predicted octanol–water partition coefficient (Wildman–Crippen LogP) is 1.15. The molecule has 0 bridgehead atoms. The molecule has 1 aromatic rings. The number of carbonyl (C=O) groups excluding carboxylic acids is 1. The van der Waals surface area contributed by atoms with Crippen molar-refractivity contribution in [3.8, 4) is 0 Å². The minimum atomic E-state index is -0.162. The third-order valence-electron chi connectivity index (χ3n) is 4.07. The molecule has 1 saturated heterocycles. The zero-order valence-corrected chi connectivity index (χ0v) is 12.2. The lowest BCUT2D eigenvalue weighted by Gasteiger charge is -2.32. The van der Waals surface area contributed by atoms with Gasteiger partial charge in [0.05, 0.1) is 5.56 Å². The molecule has 0 spiro atoms. The summed E-state index contributed by atoms with van der Waals surface area (Å²) in [6.07, 6.45) is 4.84. The monoisotopic (exact) mass is 277 g/mol. The number of amides is 1. The van der Waals surface area contributed by atoms with Crippen LogP contribution in [0.15, 0.2) is 17.1 Å². The first-order chi connectivity index (χ1) is 9.61. The maximum atomic E-state index is 12.4. The number of piperidine rings is 1. The van der Waals surface area contributed by atoms with Gasteiger partial charge in [0.25, 0.3) is 5.91 Å². The summed E-state index contributed by atoms with van der Waals surface area (Å²) in [6.45, 7) is 4.47. The van der Waals surface area contributed by atoms with Crippen LogP contribution >= 0.6 is 0 Å². The lowest BCUT2D eigenvalue weighted by atomic mass is 9.93. The van der Waals surface area contributed by atoms with Crippen LogP contribution in [0, 0.1) is 12.8 Å². The van der Waals surface area contributed by atoms with Crippen molar-refractivity contribution in [1.29, 1.82) is 0 Å². The number of nitrogens with zero attached hydrogens (tertiary/aromatic N) is 1. The average molecular weight is 277 g/mol. The molecular weight excluding hydrogens is 254 g/mol. The molecule has 0 atom stereocenters. The second kappa shape index (κ2) is 6.70. The number of nitrogens with one attached hydrogen (secondary N) is 2. The van der Waals surface area contributed by atoms with Gasteiger partial charge in [0.1, 0.15) is 0 Å². The fraction of sp³-hybridized carbons (Fsp3) is 0.600. The van der Waals surface area contributed by atoms with Crippen molar-refractivity contribution in [2.75, 3.05) is 26.7 Å². The van der Waals surface area contributed by atoms with Crippen LogP contribution < -0.4 is 10.9 Å². The highest BCUT2D eigenvalue weighted by molar-refractivity contribution is 5.95. The topological polar surface area (TPSA) is 65.2 Å². The van der Waals surface area contributed by atoms with Crippen molar-refractivity contribution in [2.45, 2.75) is 26.2 Å². The molecule has 0 aliphatic carbocycles. The van der Waals surface area contributed by atoms with Crippen molar-refractivity contribution in [3.05, 3.63) is 33.7 Å². The van der Waals surface area contributed by atoms with Gasteiger partial charge >= 0.3 is 0 Å². The molecule has 0 aromatic carbocycles. The van der Waals surface area contributed by atoms with Crippen LogP contribution in [0.5, 0.6) is 0 Å². The first kappa shape index (κ1) is 14.8. The molecular formula is C15H23N3O2. The largest absolute Gasteiger partial charge is 0.339 e. The number of aromatic nitrogens is 1. The second-order valence-electron chi connectivity index (χ2n) is 5.52. The van der Waals surface area contributed by atoms with Gasteiger partial charge in [-0.05, 0) is 51.3 Å². The molecule has 1 aromatic heterocycles. The average Bonchev–Trinajstić information content (AvgIpc) is 2.45. The minimum Gasteiger partial charge on any atom is -0.339 e. The smallest absolute Gasteiger partial charge is 0.255 e. The van der Waals surface area contributed by atoms with Gasteiger partial charge < -0.3 is 15.2 Å². The molecule has 2 heterocycles. The first-order valence-corrected chi connectivity index (χ1v) is 7.25. The molecule has 1 fully saturated rings. The third-order valence-corrected chi connectivity index (χ3v) is 4.07. The van der Waals surface area contributed by atoms with Crippen molar-refractivity contribution < 1.29 is 4.79 Å². The summed E-state index contributed by atoms with van der Waals surface area (Å²) in [4.78, 5) is 28.1. The summed E-state index contributed by atoms with van der Waals surface area (Å²) in [7, 11) is 1.97. The Morgan fingerprint density at radius 1 is 1.45 bits per heavy atom. The van der Waals surface area contributed by atoms with Gasteiger partial charge in [0.2, 0.25) is 5.56 Å². The number of hydrogen-bond donors (Lipinski definition) is 2. The number of aryl methyl sites for hydroxylation is 1. The van der Waals surface area contributed by atoms with Crippen molar-refractivity contribution in [3.63, 3.8) is 0 Å². The molecule has 1 aliphatic rings. The van der Waals surface area contributed by atoms with Gasteiger partial charge in [-0.1, -0.05) is 0 Å². The van der Waals surface area contributed by atoms with Crippen LogP contribution in [0.1, 0.15) is 35.2 Å². The van der Waals surface area contributed by atoms with E-state index in [0.29, 0.717) is 11.5 Å². The maximum absolute atomic E-state index is 12.4. The molecule has 1 aliphatic heterocycles. The van der Waals surface area contributed by atoms with Crippen molar-refractivity contribution >= 4 is 5.91 Å². The Hall–Kier alpha value is -1.62. The highest BCUT2D eigenvalue weighted by atomic mass is 16.2. The van der Waals surface area contributed by atoms with E-state index >= 15 is 0 Å². The zero-order valence-electron chi connectivity index (χ0n) is 12.2. The normalized spacial score (nSPS) is 16.4. The van der Waals surface area contributed by atoms with Gasteiger partial charge in [0, 0.05) is 25.4 Å². The number of likely N-dealkylation sites (tertiary alicyclic amines) is 1. The predicted molar refractivity (Wildman–Crippen MR) is 79.0 cm³/mol. The molecule has 5 heteroatoms. The van der Waals surface area contributed by atoms with Gasteiger partial charge in [-0.3, -0.25) is 9.59 Å². The van der Waals surface area contributed by atoms with E-state index in [-0.39, 0.29) is 11.5 Å². The molecule has 0 saturated carbocycles. The summed E-state index contributed by atoms with van der Waals surface area (Å²) in [5.41, 5.74) is 1.19. The number of aromatic amines is 1. The van der Waals surface area contributed by atoms with E-state index in [1.807, 2.05) is 18.9 Å². The molecule has 110 valence electrons. The van der Waals surface area contributed by atoms with Crippen LogP contribution in [0.25, 0.3) is 0 Å². The molecule has 0 radical (unpaired) electrons. The number of H-pyrrole nitrogens is 1. The highest BCUT2D eigenvalue weighted by Crippen LogP contribution is 2.21. The first-order valence-electron chi connectivity index (χ1n) is 7.25. The quantitative estimate of drug-likeness (QED) is 0.867. The van der Waals surface area contributed by atoms with Crippen LogP contribution in [0.4, 0.5) is 0 Å². The van der Waals surface area contributed by atoms with E-state index in [0.717, 1.165) is 38.0 Å². The Balaban J connectivity index is 1.96. The van der Waals surface area contributed by atoms with Crippen molar-refractivity contribution in [2.24, 2.45) is 5.92 Å². The maximum Gasteiger partial charge on any atom is 0.255 e. The summed E-state index contributed by atoms with van der Waals surface area (Å²) in [5.74, 6) is 0.744. The van der Waals surface area contributed by atoms with Gasteiger partial charge in [-0.15, -0.1) is 0 Å². The van der Waals surface area contributed by atoms with Gasteiger partial charge in [-0.25, -0.2) is 0 Å². The van der Waals surface area contributed by atoms with E-state index in [9.17, 15) is 9.59 Å². The number of rotatable bonds is 4. The molecule has 0 unspecified atom stereocenters. The van der Waals surface area contributed by atoms with Crippen molar-refractivity contribution in [1.82, 2.24) is 15.2 Å². The zero-order chi connectivity index (χ0) is 14.5. The van der Waals surface area contributed by atoms with E-state index in [1.54, 1.807) is 0 Å². The Morgan fingerprint density at radius 2 is 2.15 bits per heavy atom. The summed E-state index contributed by atoms with van der Waals surface area (Å²) in [6, 6.07) is 1.48. The molecule has 20 heavy (non-hydrogen) atoms. The van der Waals surface area contributed by atoms with E-state index in [4.69, 9.17) is 0 Å². The fourth-order valence-electron chi connectivity index (χ4n) is 2.75. The van der Waals surface area contributed by atoms with Crippen LogP contribution in [0.2, 0.25) is 0 Å². The van der Waals surface area contributed by atoms with E-state index < -0.39 is 0 Å². The summed E-state index contributed by atoms with van der Waals surface area (Å²) < 4.78 is 0. The lowest BCUT2D eigenvalue weighted by Crippen LogP contribution is -2.39. The summed E-state index contributed by atoms with van der Waals surface area (Å²) >= 11 is 0. The SMILES string of the molecule is CNCCC1CCN(C(=O)c2c[nH]c(=O)cc2C)CC1. The standard InChI is InChI=1S/C15H23N3O2/c1-11-9-14(19)17-10-13(11)15(20)18-7-4-12(5-8-18)3-6-16-2/h9-10,12,16H,3-8H2,1-2H3,(H,17,19). The van der Waals surface area contributed by atoms with Crippen LogP contribution in [-0.2, 0) is 0 Å². The third kappa shape index (κ3) is 3.48. The Bertz CT molecular complexity index is 516. The van der Waals surface area contributed by atoms with E-state index in [1.165, 1.54) is 18.7 Å². The molecule has 1 amide bonds.